The fourth-order valence-corrected chi connectivity index (χ4v) is 2.99. The van der Waals surface area contributed by atoms with Gasteiger partial charge < -0.3 is 10.1 Å². The zero-order chi connectivity index (χ0) is 16.2. The number of nitrogens with one attached hydrogen (secondary N) is 1. The predicted octanol–water partition coefficient (Wildman–Crippen LogP) is 1.59. The molecule has 122 valence electrons. The number of nitrogens with zero attached hydrogens (tertiary/aromatic N) is 3. The number of carbonyl (C=O) groups excluding carboxylic acids is 1. The Balaban J connectivity index is 1.67. The summed E-state index contributed by atoms with van der Waals surface area (Å²) >= 11 is 0. The van der Waals surface area contributed by atoms with Crippen LogP contribution in [0.4, 0.5) is 0 Å². The third-order valence-electron chi connectivity index (χ3n) is 4.20. The standard InChI is InChI=1S/C17H22N4O2/c1-3-21-16(8-12(2)20-21)17(22)19-15-11-23-10-14(15)9-13-4-6-18-7-5-13/h4-8,14-15H,3,9-11H2,1-2H3,(H,19,22). The average molecular weight is 314 g/mol. The molecule has 2 unspecified atom stereocenters. The first-order valence-corrected chi connectivity index (χ1v) is 7.99. The van der Waals surface area contributed by atoms with Gasteiger partial charge in [-0.1, -0.05) is 0 Å². The molecule has 3 heterocycles. The van der Waals surface area contributed by atoms with Crippen LogP contribution in [0, 0.1) is 12.8 Å². The highest BCUT2D eigenvalue weighted by atomic mass is 16.5. The number of aromatic nitrogens is 3. The normalized spacial score (nSPS) is 20.6. The van der Waals surface area contributed by atoms with E-state index in [2.05, 4.69) is 15.4 Å². The highest BCUT2D eigenvalue weighted by Gasteiger charge is 2.30. The summed E-state index contributed by atoms with van der Waals surface area (Å²) in [4.78, 5) is 16.6. The predicted molar refractivity (Wildman–Crippen MR) is 86.1 cm³/mol. The van der Waals surface area contributed by atoms with E-state index >= 15 is 0 Å². The Labute approximate surface area is 135 Å². The van der Waals surface area contributed by atoms with Gasteiger partial charge >= 0.3 is 0 Å². The van der Waals surface area contributed by atoms with Crippen molar-refractivity contribution in [1.29, 1.82) is 0 Å². The van der Waals surface area contributed by atoms with Crippen molar-refractivity contribution < 1.29 is 9.53 Å². The van der Waals surface area contributed by atoms with E-state index in [0.717, 1.165) is 12.1 Å². The van der Waals surface area contributed by atoms with Crippen LogP contribution in [0.3, 0.4) is 0 Å². The van der Waals surface area contributed by atoms with E-state index in [0.29, 0.717) is 25.5 Å². The molecule has 1 N–H and O–H groups in total. The number of pyridine rings is 1. The van der Waals surface area contributed by atoms with Crippen LogP contribution in [-0.2, 0) is 17.7 Å². The van der Waals surface area contributed by atoms with Crippen molar-refractivity contribution >= 4 is 5.91 Å². The van der Waals surface area contributed by atoms with E-state index in [9.17, 15) is 4.79 Å². The minimum Gasteiger partial charge on any atom is -0.379 e. The lowest BCUT2D eigenvalue weighted by molar-refractivity contribution is 0.0914. The van der Waals surface area contributed by atoms with Crippen LogP contribution in [-0.4, -0.2) is 39.9 Å². The van der Waals surface area contributed by atoms with Crippen molar-refractivity contribution in [2.45, 2.75) is 32.9 Å². The summed E-state index contributed by atoms with van der Waals surface area (Å²) in [6.45, 7) is 5.78. The maximum absolute atomic E-state index is 12.6. The van der Waals surface area contributed by atoms with Crippen LogP contribution >= 0.6 is 0 Å². The molecule has 1 saturated heterocycles. The molecule has 0 aliphatic carbocycles. The fourth-order valence-electron chi connectivity index (χ4n) is 2.99. The van der Waals surface area contributed by atoms with Gasteiger partial charge in [0.25, 0.3) is 5.91 Å². The summed E-state index contributed by atoms with van der Waals surface area (Å²) in [6.07, 6.45) is 4.46. The molecule has 0 aromatic carbocycles. The van der Waals surface area contributed by atoms with Crippen molar-refractivity contribution in [2.24, 2.45) is 5.92 Å². The molecule has 2 atom stereocenters. The molecule has 0 bridgehead atoms. The van der Waals surface area contributed by atoms with Gasteiger partial charge in [0.15, 0.2) is 0 Å². The van der Waals surface area contributed by atoms with Crippen molar-refractivity contribution in [3.05, 3.63) is 47.5 Å². The van der Waals surface area contributed by atoms with Crippen molar-refractivity contribution in [3.63, 3.8) is 0 Å². The molecular formula is C17H22N4O2. The van der Waals surface area contributed by atoms with Crippen LogP contribution in [0.15, 0.2) is 30.6 Å². The molecule has 1 amide bonds. The number of amides is 1. The second-order valence-electron chi connectivity index (χ2n) is 5.92. The molecule has 0 spiro atoms. The van der Waals surface area contributed by atoms with Gasteiger partial charge in [-0.3, -0.25) is 14.5 Å². The van der Waals surface area contributed by atoms with E-state index in [1.807, 2.05) is 32.0 Å². The van der Waals surface area contributed by atoms with Crippen molar-refractivity contribution in [3.8, 4) is 0 Å². The summed E-state index contributed by atoms with van der Waals surface area (Å²) in [5.74, 6) is 0.197. The van der Waals surface area contributed by atoms with Crippen molar-refractivity contribution in [1.82, 2.24) is 20.1 Å². The molecule has 1 aliphatic heterocycles. The molecule has 0 radical (unpaired) electrons. The lowest BCUT2D eigenvalue weighted by atomic mass is 9.95. The molecule has 6 nitrogen and oxygen atoms in total. The van der Waals surface area contributed by atoms with Gasteiger partial charge in [0.1, 0.15) is 5.69 Å². The van der Waals surface area contributed by atoms with Crippen molar-refractivity contribution in [2.75, 3.05) is 13.2 Å². The monoisotopic (exact) mass is 314 g/mol. The smallest absolute Gasteiger partial charge is 0.269 e. The van der Waals surface area contributed by atoms with Gasteiger partial charge in [-0.05, 0) is 44.0 Å². The minimum atomic E-state index is -0.0809. The topological polar surface area (TPSA) is 69.0 Å². The first-order valence-electron chi connectivity index (χ1n) is 7.99. The summed E-state index contributed by atoms with van der Waals surface area (Å²) in [5, 5.41) is 7.44. The Bertz CT molecular complexity index is 668. The van der Waals surface area contributed by atoms with Gasteiger partial charge in [-0.15, -0.1) is 0 Å². The molecule has 1 fully saturated rings. The number of ether oxygens (including phenoxy) is 1. The zero-order valence-corrected chi connectivity index (χ0v) is 13.5. The molecule has 2 aromatic heterocycles. The second-order valence-corrected chi connectivity index (χ2v) is 5.92. The van der Waals surface area contributed by atoms with E-state index in [-0.39, 0.29) is 17.9 Å². The molecular weight excluding hydrogens is 292 g/mol. The van der Waals surface area contributed by atoms with Gasteiger partial charge in [0.2, 0.25) is 0 Å². The summed E-state index contributed by atoms with van der Waals surface area (Å²) < 4.78 is 7.32. The van der Waals surface area contributed by atoms with Crippen LogP contribution in [0.5, 0.6) is 0 Å². The maximum atomic E-state index is 12.6. The summed E-state index contributed by atoms with van der Waals surface area (Å²) in [5.41, 5.74) is 2.68. The number of rotatable bonds is 5. The minimum absolute atomic E-state index is 0.0242. The number of carbonyl (C=O) groups is 1. The fraction of sp³-hybridized carbons (Fsp3) is 0.471. The Morgan fingerprint density at radius 3 is 2.91 bits per heavy atom. The summed E-state index contributed by atoms with van der Waals surface area (Å²) in [6, 6.07) is 5.86. The first kappa shape index (κ1) is 15.7. The molecule has 2 aromatic rings. The number of hydrogen-bond donors (Lipinski definition) is 1. The van der Waals surface area contributed by atoms with E-state index in [1.54, 1.807) is 17.1 Å². The van der Waals surface area contributed by atoms with Crippen LogP contribution in [0.2, 0.25) is 0 Å². The third-order valence-corrected chi connectivity index (χ3v) is 4.20. The molecule has 3 rings (SSSR count). The first-order chi connectivity index (χ1) is 11.2. The Morgan fingerprint density at radius 2 is 2.17 bits per heavy atom. The van der Waals surface area contributed by atoms with Crippen LogP contribution in [0.25, 0.3) is 0 Å². The lowest BCUT2D eigenvalue weighted by Crippen LogP contribution is -2.41. The van der Waals surface area contributed by atoms with Gasteiger partial charge in [-0.25, -0.2) is 0 Å². The van der Waals surface area contributed by atoms with E-state index in [1.165, 1.54) is 5.56 Å². The third kappa shape index (κ3) is 3.59. The molecule has 6 heteroatoms. The van der Waals surface area contributed by atoms with Crippen LogP contribution < -0.4 is 5.32 Å². The Hall–Kier alpha value is -2.21. The van der Waals surface area contributed by atoms with Gasteiger partial charge in [0.05, 0.1) is 24.9 Å². The SMILES string of the molecule is CCn1nc(C)cc1C(=O)NC1COCC1Cc1ccncc1. The molecule has 1 aliphatic rings. The Kier molecular flexibility index (Phi) is 4.71. The largest absolute Gasteiger partial charge is 0.379 e. The van der Waals surface area contributed by atoms with E-state index < -0.39 is 0 Å². The summed E-state index contributed by atoms with van der Waals surface area (Å²) in [7, 11) is 0. The van der Waals surface area contributed by atoms with Crippen LogP contribution in [0.1, 0.15) is 28.7 Å². The van der Waals surface area contributed by atoms with Gasteiger partial charge in [0, 0.05) is 24.9 Å². The molecule has 0 saturated carbocycles. The van der Waals surface area contributed by atoms with Gasteiger partial charge in [-0.2, -0.15) is 5.10 Å². The average Bonchev–Trinajstić information content (AvgIpc) is 3.15. The second kappa shape index (κ2) is 6.91. The highest BCUT2D eigenvalue weighted by Crippen LogP contribution is 2.19. The highest BCUT2D eigenvalue weighted by molar-refractivity contribution is 5.92. The molecule has 23 heavy (non-hydrogen) atoms. The number of aryl methyl sites for hydroxylation is 2. The zero-order valence-electron chi connectivity index (χ0n) is 13.5. The lowest BCUT2D eigenvalue weighted by Gasteiger charge is -2.19. The quantitative estimate of drug-likeness (QED) is 0.910. The number of hydrogen-bond acceptors (Lipinski definition) is 4. The van der Waals surface area contributed by atoms with E-state index in [4.69, 9.17) is 4.74 Å². The Morgan fingerprint density at radius 1 is 1.39 bits per heavy atom. The maximum Gasteiger partial charge on any atom is 0.269 e.